The first kappa shape index (κ1) is 28.6. The zero-order valence-corrected chi connectivity index (χ0v) is 24.5. The van der Waals surface area contributed by atoms with Gasteiger partial charge in [-0.2, -0.15) is 0 Å². The van der Waals surface area contributed by atoms with Crippen LogP contribution < -0.4 is 0 Å². The third-order valence-electron chi connectivity index (χ3n) is 8.02. The van der Waals surface area contributed by atoms with Gasteiger partial charge in [0.2, 0.25) is 0 Å². The van der Waals surface area contributed by atoms with Crippen LogP contribution >= 0.6 is 0 Å². The summed E-state index contributed by atoms with van der Waals surface area (Å²) in [5.41, 5.74) is 0. The molecule has 7 nitrogen and oxygen atoms in total. The molecule has 2 rings (SSSR count). The molecule has 0 saturated carbocycles. The highest BCUT2D eigenvalue weighted by Gasteiger charge is 2.55. The molecule has 0 amide bonds. The summed E-state index contributed by atoms with van der Waals surface area (Å²) in [6.45, 7) is 21.9. The average molecular weight is 503 g/mol. The van der Waals surface area contributed by atoms with Crippen LogP contribution in [0.1, 0.15) is 60.8 Å². The van der Waals surface area contributed by atoms with Crippen LogP contribution in [0, 0.1) is 0 Å². The van der Waals surface area contributed by atoms with E-state index in [1.807, 2.05) is 0 Å². The standard InChI is InChI=1S/C24H46O7Si2/c1-23(2,3)32(8,9)30-21-18(15-25)29-17-13-12-16(14-19(26)27-7)28-20(17)22(21)31-33(10,11)24(4,5)6/h15-18,20-22H,12-14H2,1-11H3/t16-,17+,18-,20+,21-,22+/m1/s1. The minimum atomic E-state index is -2.25. The van der Waals surface area contributed by atoms with Crippen LogP contribution in [0.3, 0.4) is 0 Å². The van der Waals surface area contributed by atoms with E-state index in [0.29, 0.717) is 12.8 Å². The second kappa shape index (κ2) is 10.2. The summed E-state index contributed by atoms with van der Waals surface area (Å²) in [6, 6.07) is 0. The fourth-order valence-corrected chi connectivity index (χ4v) is 6.42. The highest BCUT2D eigenvalue weighted by atomic mass is 28.4. The van der Waals surface area contributed by atoms with Crippen molar-refractivity contribution >= 4 is 28.9 Å². The lowest BCUT2D eigenvalue weighted by Crippen LogP contribution is -2.67. The molecule has 6 atom stereocenters. The predicted octanol–water partition coefficient (Wildman–Crippen LogP) is 4.84. The normalized spacial score (nSPS) is 31.6. The number of esters is 1. The van der Waals surface area contributed by atoms with E-state index >= 15 is 0 Å². The van der Waals surface area contributed by atoms with Crippen molar-refractivity contribution in [2.45, 2.75) is 134 Å². The second-order valence-corrected chi connectivity index (χ2v) is 22.1. The van der Waals surface area contributed by atoms with E-state index in [4.69, 9.17) is 23.1 Å². The van der Waals surface area contributed by atoms with Crippen LogP contribution in [0.4, 0.5) is 0 Å². The van der Waals surface area contributed by atoms with Gasteiger partial charge in [0.25, 0.3) is 0 Å². The number of hydrogen-bond donors (Lipinski definition) is 0. The summed E-state index contributed by atoms with van der Waals surface area (Å²) in [4.78, 5) is 24.1. The molecule has 0 aliphatic carbocycles. The van der Waals surface area contributed by atoms with Crippen LogP contribution in [0.25, 0.3) is 0 Å². The molecule has 2 saturated heterocycles. The number of ether oxygens (including phenoxy) is 3. The lowest BCUT2D eigenvalue weighted by molar-refractivity contribution is -0.250. The summed E-state index contributed by atoms with van der Waals surface area (Å²) < 4.78 is 31.3. The minimum Gasteiger partial charge on any atom is -0.469 e. The summed E-state index contributed by atoms with van der Waals surface area (Å²) in [6.07, 6.45) is -0.260. The maximum Gasteiger partial charge on any atom is 0.308 e. The Morgan fingerprint density at radius 2 is 1.42 bits per heavy atom. The Morgan fingerprint density at radius 3 is 1.88 bits per heavy atom. The number of rotatable bonds is 7. The lowest BCUT2D eigenvalue weighted by Gasteiger charge is -2.53. The molecule has 2 fully saturated rings. The molecular weight excluding hydrogens is 456 g/mol. The van der Waals surface area contributed by atoms with Gasteiger partial charge >= 0.3 is 5.97 Å². The quantitative estimate of drug-likeness (QED) is 0.280. The van der Waals surface area contributed by atoms with Crippen LogP contribution in [-0.2, 0) is 32.7 Å². The van der Waals surface area contributed by atoms with Crippen molar-refractivity contribution in [1.29, 1.82) is 0 Å². The Balaban J connectivity index is 2.45. The molecule has 33 heavy (non-hydrogen) atoms. The molecule has 2 aliphatic rings. The summed E-state index contributed by atoms with van der Waals surface area (Å²) in [7, 11) is -3.11. The number of methoxy groups -OCH3 is 1. The van der Waals surface area contributed by atoms with Crippen LogP contribution in [0.15, 0.2) is 0 Å². The van der Waals surface area contributed by atoms with Crippen molar-refractivity contribution in [3.63, 3.8) is 0 Å². The first-order chi connectivity index (χ1) is 14.9. The fraction of sp³-hybridized carbons (Fsp3) is 0.917. The number of hydrogen-bond acceptors (Lipinski definition) is 7. The van der Waals surface area contributed by atoms with E-state index in [1.54, 1.807) is 0 Å². The molecule has 2 heterocycles. The number of aldehydes is 1. The molecule has 192 valence electrons. The Morgan fingerprint density at radius 1 is 0.909 bits per heavy atom. The van der Waals surface area contributed by atoms with Gasteiger partial charge < -0.3 is 27.9 Å². The smallest absolute Gasteiger partial charge is 0.308 e. The van der Waals surface area contributed by atoms with Crippen LogP contribution in [0.5, 0.6) is 0 Å². The number of carbonyl (C=O) groups excluding carboxylic acids is 2. The van der Waals surface area contributed by atoms with Gasteiger partial charge in [0.1, 0.15) is 24.4 Å². The molecule has 0 N–H and O–H groups in total. The topological polar surface area (TPSA) is 80.3 Å². The maximum absolute atomic E-state index is 12.2. The largest absolute Gasteiger partial charge is 0.469 e. The summed E-state index contributed by atoms with van der Waals surface area (Å²) >= 11 is 0. The molecule has 0 aromatic rings. The van der Waals surface area contributed by atoms with Gasteiger partial charge in [0, 0.05) is 0 Å². The lowest BCUT2D eigenvalue weighted by atomic mass is 9.89. The minimum absolute atomic E-state index is 0.0287. The Bertz CT molecular complexity index is 696. The molecule has 0 radical (unpaired) electrons. The Kier molecular flexibility index (Phi) is 8.84. The van der Waals surface area contributed by atoms with Gasteiger partial charge in [-0.25, -0.2) is 0 Å². The molecular formula is C24H46O7Si2. The van der Waals surface area contributed by atoms with E-state index in [2.05, 4.69) is 67.7 Å². The molecule has 9 heteroatoms. The highest BCUT2D eigenvalue weighted by Crippen LogP contribution is 2.44. The number of fused-ring (bicyclic) bond motifs is 1. The van der Waals surface area contributed by atoms with Gasteiger partial charge in [-0.15, -0.1) is 0 Å². The van der Waals surface area contributed by atoms with E-state index in [1.165, 1.54) is 7.11 Å². The van der Waals surface area contributed by atoms with E-state index in [9.17, 15) is 9.59 Å². The highest BCUT2D eigenvalue weighted by molar-refractivity contribution is 6.74. The van der Waals surface area contributed by atoms with Crippen LogP contribution in [0.2, 0.25) is 36.3 Å². The van der Waals surface area contributed by atoms with Gasteiger partial charge in [-0.05, 0) is 49.1 Å². The van der Waals surface area contributed by atoms with Crippen molar-refractivity contribution in [3.8, 4) is 0 Å². The SMILES string of the molecule is COC(=O)C[C@H]1CC[C@@H]2O[C@H](C=O)[C@@H](O[Si](C)(C)C(C)(C)C)[C@@H](O[Si](C)(C)C(C)(C)C)[C@H]2O1. The first-order valence-corrected chi connectivity index (χ1v) is 17.9. The molecule has 0 aromatic carbocycles. The molecule has 0 unspecified atom stereocenters. The monoisotopic (exact) mass is 502 g/mol. The van der Waals surface area contributed by atoms with Gasteiger partial charge in [0.05, 0.1) is 25.7 Å². The van der Waals surface area contributed by atoms with Gasteiger partial charge in [0.15, 0.2) is 22.9 Å². The zero-order valence-electron chi connectivity index (χ0n) is 22.5. The molecule has 2 aliphatic heterocycles. The van der Waals surface area contributed by atoms with E-state index < -0.39 is 41.1 Å². The Hall–Kier alpha value is -0.586. The van der Waals surface area contributed by atoms with E-state index in [-0.39, 0.29) is 34.7 Å². The second-order valence-electron chi connectivity index (χ2n) is 12.5. The van der Waals surface area contributed by atoms with Crippen molar-refractivity contribution in [3.05, 3.63) is 0 Å². The number of carbonyl (C=O) groups is 2. The van der Waals surface area contributed by atoms with E-state index in [0.717, 1.165) is 6.29 Å². The van der Waals surface area contributed by atoms with Gasteiger partial charge in [-0.3, -0.25) is 4.79 Å². The maximum atomic E-state index is 12.2. The van der Waals surface area contributed by atoms with Crippen molar-refractivity contribution in [1.82, 2.24) is 0 Å². The molecule has 0 spiro atoms. The predicted molar refractivity (Wildman–Crippen MR) is 133 cm³/mol. The Labute approximate surface area is 202 Å². The first-order valence-electron chi connectivity index (χ1n) is 12.1. The molecule has 0 aromatic heterocycles. The zero-order chi connectivity index (χ0) is 25.4. The van der Waals surface area contributed by atoms with Crippen LogP contribution in [-0.4, -0.2) is 72.6 Å². The van der Waals surface area contributed by atoms with Crippen molar-refractivity contribution in [2.75, 3.05) is 7.11 Å². The average Bonchev–Trinajstić information content (AvgIpc) is 2.67. The third-order valence-corrected chi connectivity index (χ3v) is 17.0. The molecule has 0 bridgehead atoms. The third kappa shape index (κ3) is 6.55. The summed E-state index contributed by atoms with van der Waals surface area (Å²) in [5.74, 6) is -0.295. The van der Waals surface area contributed by atoms with Gasteiger partial charge in [-0.1, -0.05) is 41.5 Å². The van der Waals surface area contributed by atoms with Crippen molar-refractivity contribution in [2.24, 2.45) is 0 Å². The van der Waals surface area contributed by atoms with Crippen molar-refractivity contribution < 1.29 is 32.7 Å². The fourth-order valence-electron chi connectivity index (χ4n) is 3.81. The summed E-state index contributed by atoms with van der Waals surface area (Å²) in [5, 5.41) is -0.0707.